The first-order chi connectivity index (χ1) is 8.69. The molecule has 0 radical (unpaired) electrons. The van der Waals surface area contributed by atoms with E-state index in [2.05, 4.69) is 4.98 Å². The van der Waals surface area contributed by atoms with E-state index in [1.807, 2.05) is 37.4 Å². The van der Waals surface area contributed by atoms with Gasteiger partial charge in [-0.15, -0.1) is 0 Å². The molecule has 1 aromatic heterocycles. The minimum absolute atomic E-state index is 0.00509. The largest absolute Gasteiger partial charge is 0.383 e. The van der Waals surface area contributed by atoms with Crippen molar-refractivity contribution in [3.05, 3.63) is 34.6 Å². The Morgan fingerprint density at radius 3 is 2.83 bits per heavy atom. The van der Waals surface area contributed by atoms with Crippen LogP contribution in [-0.2, 0) is 4.74 Å². The van der Waals surface area contributed by atoms with Gasteiger partial charge in [0.2, 0.25) is 0 Å². The SMILES string of the molecule is COC[C@H](C)n1c(SC)nc2ccccc2c1=O. The fraction of sp³-hybridized carbons (Fsp3) is 0.385. The lowest BCUT2D eigenvalue weighted by Gasteiger charge is -2.17. The number of ether oxygens (including phenoxy) is 1. The summed E-state index contributed by atoms with van der Waals surface area (Å²) in [4.78, 5) is 17.0. The number of rotatable bonds is 4. The van der Waals surface area contributed by atoms with Gasteiger partial charge in [0, 0.05) is 7.11 Å². The maximum atomic E-state index is 12.5. The summed E-state index contributed by atoms with van der Waals surface area (Å²) < 4.78 is 6.83. The van der Waals surface area contributed by atoms with Gasteiger partial charge < -0.3 is 4.74 Å². The molecular weight excluding hydrogens is 248 g/mol. The van der Waals surface area contributed by atoms with Gasteiger partial charge >= 0.3 is 0 Å². The number of methoxy groups -OCH3 is 1. The molecule has 2 rings (SSSR count). The summed E-state index contributed by atoms with van der Waals surface area (Å²) in [5, 5.41) is 1.38. The molecule has 1 aromatic carbocycles. The van der Waals surface area contributed by atoms with Crippen molar-refractivity contribution in [1.82, 2.24) is 9.55 Å². The molecule has 0 bridgehead atoms. The molecule has 0 fully saturated rings. The van der Waals surface area contributed by atoms with Crippen molar-refractivity contribution in [1.29, 1.82) is 0 Å². The van der Waals surface area contributed by atoms with Gasteiger partial charge in [-0.2, -0.15) is 0 Å². The van der Waals surface area contributed by atoms with E-state index >= 15 is 0 Å². The normalized spacial score (nSPS) is 12.8. The van der Waals surface area contributed by atoms with Gasteiger partial charge in [-0.1, -0.05) is 23.9 Å². The van der Waals surface area contributed by atoms with Crippen LogP contribution in [0.15, 0.2) is 34.2 Å². The number of para-hydroxylation sites is 1. The number of hydrogen-bond acceptors (Lipinski definition) is 4. The zero-order chi connectivity index (χ0) is 13.1. The molecule has 1 atom stereocenters. The van der Waals surface area contributed by atoms with Gasteiger partial charge in [0.05, 0.1) is 23.6 Å². The third-order valence-electron chi connectivity index (χ3n) is 2.81. The fourth-order valence-corrected chi connectivity index (χ4v) is 2.62. The van der Waals surface area contributed by atoms with Crippen LogP contribution >= 0.6 is 11.8 Å². The van der Waals surface area contributed by atoms with Gasteiger partial charge in [-0.05, 0) is 25.3 Å². The summed E-state index contributed by atoms with van der Waals surface area (Å²) >= 11 is 1.47. The average Bonchev–Trinajstić information content (AvgIpc) is 2.38. The van der Waals surface area contributed by atoms with E-state index in [-0.39, 0.29) is 11.6 Å². The van der Waals surface area contributed by atoms with E-state index in [9.17, 15) is 4.79 Å². The van der Waals surface area contributed by atoms with Crippen LogP contribution in [-0.4, -0.2) is 29.5 Å². The zero-order valence-corrected chi connectivity index (χ0v) is 11.5. The molecule has 5 heteroatoms. The highest BCUT2D eigenvalue weighted by molar-refractivity contribution is 7.98. The molecule has 2 aromatic rings. The average molecular weight is 264 g/mol. The molecule has 0 saturated heterocycles. The minimum atomic E-state index is -0.0259. The van der Waals surface area contributed by atoms with E-state index in [0.717, 1.165) is 10.7 Å². The van der Waals surface area contributed by atoms with Crippen molar-refractivity contribution in [3.63, 3.8) is 0 Å². The first kappa shape index (κ1) is 13.1. The molecule has 0 amide bonds. The summed E-state index contributed by atoms with van der Waals surface area (Å²) in [6.45, 7) is 2.45. The van der Waals surface area contributed by atoms with Crippen LogP contribution < -0.4 is 5.56 Å². The van der Waals surface area contributed by atoms with Crippen LogP contribution in [0.4, 0.5) is 0 Å². The maximum absolute atomic E-state index is 12.5. The monoisotopic (exact) mass is 264 g/mol. The lowest BCUT2D eigenvalue weighted by molar-refractivity contribution is 0.156. The Labute approximate surface area is 110 Å². The van der Waals surface area contributed by atoms with Crippen molar-refractivity contribution < 1.29 is 4.74 Å². The minimum Gasteiger partial charge on any atom is -0.383 e. The third kappa shape index (κ3) is 2.28. The standard InChI is InChI=1S/C13H16N2O2S/c1-9(8-17-2)15-12(16)10-6-4-5-7-11(10)14-13(15)18-3/h4-7,9H,8H2,1-3H3/t9-/m0/s1. The molecule has 96 valence electrons. The lowest BCUT2D eigenvalue weighted by atomic mass is 10.2. The van der Waals surface area contributed by atoms with Crippen molar-refractivity contribution in [2.24, 2.45) is 0 Å². The number of thioether (sulfide) groups is 1. The third-order valence-corrected chi connectivity index (χ3v) is 3.46. The molecule has 0 aliphatic heterocycles. The highest BCUT2D eigenvalue weighted by Crippen LogP contribution is 2.18. The van der Waals surface area contributed by atoms with Crippen molar-refractivity contribution in [2.75, 3.05) is 20.0 Å². The molecule has 18 heavy (non-hydrogen) atoms. The topological polar surface area (TPSA) is 44.1 Å². The van der Waals surface area contributed by atoms with Crippen LogP contribution in [0, 0.1) is 0 Å². The predicted molar refractivity (Wildman–Crippen MR) is 74.4 cm³/mol. The molecular formula is C13H16N2O2S. The number of hydrogen-bond donors (Lipinski definition) is 0. The Morgan fingerprint density at radius 1 is 1.44 bits per heavy atom. The quantitative estimate of drug-likeness (QED) is 0.628. The van der Waals surface area contributed by atoms with Crippen LogP contribution in [0.25, 0.3) is 10.9 Å². The molecule has 0 N–H and O–H groups in total. The van der Waals surface area contributed by atoms with E-state index in [0.29, 0.717) is 12.0 Å². The van der Waals surface area contributed by atoms with Crippen LogP contribution in [0.1, 0.15) is 13.0 Å². The molecule has 0 aliphatic carbocycles. The van der Waals surface area contributed by atoms with Crippen molar-refractivity contribution >= 4 is 22.7 Å². The number of nitrogens with zero attached hydrogens (tertiary/aromatic N) is 2. The smallest absolute Gasteiger partial charge is 0.262 e. The van der Waals surface area contributed by atoms with Crippen molar-refractivity contribution in [3.8, 4) is 0 Å². The van der Waals surface area contributed by atoms with Crippen molar-refractivity contribution in [2.45, 2.75) is 18.1 Å². The van der Waals surface area contributed by atoms with Gasteiger partial charge in [0.25, 0.3) is 5.56 Å². The van der Waals surface area contributed by atoms with Crippen LogP contribution in [0.5, 0.6) is 0 Å². The summed E-state index contributed by atoms with van der Waals surface area (Å²) in [5.41, 5.74) is 0.738. The highest BCUT2D eigenvalue weighted by atomic mass is 32.2. The molecule has 0 unspecified atom stereocenters. The van der Waals surface area contributed by atoms with E-state index in [1.165, 1.54) is 11.8 Å². The maximum Gasteiger partial charge on any atom is 0.262 e. The molecule has 0 saturated carbocycles. The van der Waals surface area contributed by atoms with Crippen LogP contribution in [0.2, 0.25) is 0 Å². The number of benzene rings is 1. The Kier molecular flexibility index (Phi) is 4.04. The zero-order valence-electron chi connectivity index (χ0n) is 10.7. The molecule has 0 aliphatic rings. The molecule has 0 spiro atoms. The number of fused-ring (bicyclic) bond motifs is 1. The van der Waals surface area contributed by atoms with Gasteiger partial charge in [-0.25, -0.2) is 4.98 Å². The summed E-state index contributed by atoms with van der Waals surface area (Å²) in [5.74, 6) is 0. The van der Waals surface area contributed by atoms with Gasteiger partial charge in [0.1, 0.15) is 0 Å². The van der Waals surface area contributed by atoms with E-state index in [4.69, 9.17) is 4.74 Å². The summed E-state index contributed by atoms with van der Waals surface area (Å²) in [7, 11) is 1.63. The Hall–Kier alpha value is -1.33. The predicted octanol–water partition coefficient (Wildman–Crippen LogP) is 2.33. The second kappa shape index (κ2) is 5.54. The Balaban J connectivity index is 2.70. The highest BCUT2D eigenvalue weighted by Gasteiger charge is 2.15. The lowest BCUT2D eigenvalue weighted by Crippen LogP contribution is -2.28. The first-order valence-electron chi connectivity index (χ1n) is 5.73. The van der Waals surface area contributed by atoms with E-state index in [1.54, 1.807) is 11.7 Å². The molecule has 1 heterocycles. The van der Waals surface area contributed by atoms with E-state index < -0.39 is 0 Å². The summed E-state index contributed by atoms with van der Waals surface area (Å²) in [6, 6.07) is 7.39. The Bertz CT molecular complexity index is 609. The second-order valence-corrected chi connectivity index (χ2v) is 4.87. The van der Waals surface area contributed by atoms with Crippen LogP contribution in [0.3, 0.4) is 0 Å². The number of aromatic nitrogens is 2. The Morgan fingerprint density at radius 2 is 2.17 bits per heavy atom. The van der Waals surface area contributed by atoms with Gasteiger partial charge in [0.15, 0.2) is 5.16 Å². The summed E-state index contributed by atoms with van der Waals surface area (Å²) in [6.07, 6.45) is 1.92. The first-order valence-corrected chi connectivity index (χ1v) is 6.95. The molecule has 4 nitrogen and oxygen atoms in total. The second-order valence-electron chi connectivity index (χ2n) is 4.10. The fourth-order valence-electron chi connectivity index (χ4n) is 1.97. The van der Waals surface area contributed by atoms with Gasteiger partial charge in [-0.3, -0.25) is 9.36 Å².